The number of hydrogen-bond acceptors (Lipinski definition) is 4. The zero-order chi connectivity index (χ0) is 17.2. The molecular formula is C19H15ClN3OS+. The highest BCUT2D eigenvalue weighted by molar-refractivity contribution is 7.08. The van der Waals surface area contributed by atoms with Crippen molar-refractivity contribution in [3.63, 3.8) is 0 Å². The second kappa shape index (κ2) is 6.70. The third kappa shape index (κ3) is 3.04. The lowest BCUT2D eigenvalue weighted by atomic mass is 9.98. The number of H-pyrrole nitrogens is 1. The van der Waals surface area contributed by atoms with E-state index in [0.29, 0.717) is 16.1 Å². The van der Waals surface area contributed by atoms with Gasteiger partial charge in [0.25, 0.3) is 5.82 Å². The van der Waals surface area contributed by atoms with Gasteiger partial charge in [0.15, 0.2) is 0 Å². The number of benzene rings is 1. The van der Waals surface area contributed by atoms with Crippen LogP contribution in [0.5, 0.6) is 5.75 Å². The van der Waals surface area contributed by atoms with Crippen LogP contribution in [0.3, 0.4) is 0 Å². The molecule has 0 unspecified atom stereocenters. The SMILES string of the molecule is Oc1c([C@@H](Nc2cccc[nH+]2)c2ccsc2)cc(Cl)c2cccnc12. The maximum Gasteiger partial charge on any atom is 0.272 e. The van der Waals surface area contributed by atoms with Crippen molar-refractivity contribution in [2.45, 2.75) is 6.04 Å². The van der Waals surface area contributed by atoms with Crippen LogP contribution in [0.25, 0.3) is 10.9 Å². The molecule has 0 saturated heterocycles. The van der Waals surface area contributed by atoms with Crippen LogP contribution in [0.4, 0.5) is 5.82 Å². The largest absolute Gasteiger partial charge is 0.505 e. The van der Waals surface area contributed by atoms with E-state index >= 15 is 0 Å². The number of aromatic amines is 1. The molecule has 0 radical (unpaired) electrons. The van der Waals surface area contributed by atoms with Gasteiger partial charge in [-0.05, 0) is 41.1 Å². The number of pyridine rings is 2. The molecule has 0 aliphatic heterocycles. The van der Waals surface area contributed by atoms with Crippen molar-refractivity contribution >= 4 is 39.7 Å². The van der Waals surface area contributed by atoms with Crippen LogP contribution in [0, 0.1) is 0 Å². The minimum atomic E-state index is -0.256. The minimum Gasteiger partial charge on any atom is -0.505 e. The highest BCUT2D eigenvalue weighted by Gasteiger charge is 2.25. The number of phenols is 1. The molecule has 0 spiro atoms. The molecule has 0 aliphatic carbocycles. The molecule has 1 atom stereocenters. The van der Waals surface area contributed by atoms with Crippen molar-refractivity contribution in [3.05, 3.63) is 81.8 Å². The number of rotatable bonds is 4. The summed E-state index contributed by atoms with van der Waals surface area (Å²) in [5.41, 5.74) is 2.24. The summed E-state index contributed by atoms with van der Waals surface area (Å²) in [5, 5.41) is 19.7. The van der Waals surface area contributed by atoms with Crippen molar-refractivity contribution in [1.29, 1.82) is 0 Å². The van der Waals surface area contributed by atoms with E-state index in [1.54, 1.807) is 29.7 Å². The summed E-state index contributed by atoms with van der Waals surface area (Å²) < 4.78 is 0. The molecule has 6 heteroatoms. The Hall–Kier alpha value is -2.63. The average molecular weight is 369 g/mol. The molecular weight excluding hydrogens is 354 g/mol. The van der Waals surface area contributed by atoms with Crippen LogP contribution in [0.2, 0.25) is 5.02 Å². The van der Waals surface area contributed by atoms with Gasteiger partial charge in [-0.15, -0.1) is 0 Å². The highest BCUT2D eigenvalue weighted by atomic mass is 35.5. The number of hydrogen-bond donors (Lipinski definition) is 2. The lowest BCUT2D eigenvalue weighted by Crippen LogP contribution is -2.18. The first kappa shape index (κ1) is 15.9. The molecule has 0 fully saturated rings. The zero-order valence-electron chi connectivity index (χ0n) is 13.1. The molecule has 3 aromatic heterocycles. The molecule has 1 aromatic carbocycles. The minimum absolute atomic E-state index is 0.139. The number of aromatic nitrogens is 2. The van der Waals surface area contributed by atoms with Crippen molar-refractivity contribution in [1.82, 2.24) is 4.98 Å². The molecule has 0 aliphatic rings. The van der Waals surface area contributed by atoms with Crippen LogP contribution < -0.4 is 10.3 Å². The van der Waals surface area contributed by atoms with Crippen LogP contribution in [0.1, 0.15) is 17.2 Å². The molecule has 25 heavy (non-hydrogen) atoms. The first-order chi connectivity index (χ1) is 12.2. The van der Waals surface area contributed by atoms with Crippen molar-refractivity contribution < 1.29 is 10.1 Å². The van der Waals surface area contributed by atoms with E-state index < -0.39 is 0 Å². The Balaban J connectivity index is 1.88. The van der Waals surface area contributed by atoms with Gasteiger partial charge in [0, 0.05) is 28.8 Å². The number of thiophene rings is 1. The fourth-order valence-corrected chi connectivity index (χ4v) is 3.80. The molecule has 3 heterocycles. The Kier molecular flexibility index (Phi) is 4.26. The lowest BCUT2D eigenvalue weighted by molar-refractivity contribution is -0.361. The van der Waals surface area contributed by atoms with Gasteiger partial charge in [0.1, 0.15) is 17.3 Å². The Morgan fingerprint density at radius 3 is 2.88 bits per heavy atom. The number of nitrogens with zero attached hydrogens (tertiary/aromatic N) is 1. The summed E-state index contributed by atoms with van der Waals surface area (Å²) >= 11 is 8.06. The van der Waals surface area contributed by atoms with Crippen molar-refractivity contribution in [2.24, 2.45) is 0 Å². The molecule has 3 N–H and O–H groups in total. The Morgan fingerprint density at radius 2 is 2.12 bits per heavy atom. The number of anilines is 1. The summed E-state index contributed by atoms with van der Waals surface area (Å²) in [6.07, 6.45) is 3.50. The zero-order valence-corrected chi connectivity index (χ0v) is 14.7. The summed E-state index contributed by atoms with van der Waals surface area (Å²) in [4.78, 5) is 7.47. The molecule has 4 aromatic rings. The smallest absolute Gasteiger partial charge is 0.272 e. The van der Waals surface area contributed by atoms with Gasteiger partial charge in [-0.3, -0.25) is 10.3 Å². The monoisotopic (exact) mass is 368 g/mol. The quantitative estimate of drug-likeness (QED) is 0.550. The van der Waals surface area contributed by atoms with E-state index in [9.17, 15) is 5.11 Å². The summed E-state index contributed by atoms with van der Waals surface area (Å²) in [5.74, 6) is 0.981. The molecule has 4 rings (SSSR count). The third-order valence-electron chi connectivity index (χ3n) is 4.04. The summed E-state index contributed by atoms with van der Waals surface area (Å²) in [6, 6.07) is 13.0. The summed E-state index contributed by atoms with van der Waals surface area (Å²) in [6.45, 7) is 0. The highest BCUT2D eigenvalue weighted by Crippen LogP contribution is 2.39. The lowest BCUT2D eigenvalue weighted by Gasteiger charge is -2.17. The maximum absolute atomic E-state index is 10.9. The third-order valence-corrected chi connectivity index (χ3v) is 5.06. The van der Waals surface area contributed by atoms with E-state index in [-0.39, 0.29) is 11.8 Å². The number of halogens is 1. The van der Waals surface area contributed by atoms with Crippen molar-refractivity contribution in [2.75, 3.05) is 5.32 Å². The van der Waals surface area contributed by atoms with Crippen LogP contribution in [-0.2, 0) is 0 Å². The first-order valence-electron chi connectivity index (χ1n) is 7.75. The van der Waals surface area contributed by atoms with E-state index in [0.717, 1.165) is 16.8 Å². The Labute approximate surface area is 153 Å². The first-order valence-corrected chi connectivity index (χ1v) is 9.07. The van der Waals surface area contributed by atoms with Crippen molar-refractivity contribution in [3.8, 4) is 5.75 Å². The fraction of sp³-hybridized carbons (Fsp3) is 0.0526. The van der Waals surface area contributed by atoms with Gasteiger partial charge in [-0.2, -0.15) is 11.3 Å². The maximum atomic E-state index is 10.9. The van der Waals surface area contributed by atoms with Gasteiger partial charge in [0.05, 0.1) is 11.2 Å². The van der Waals surface area contributed by atoms with E-state index in [4.69, 9.17) is 11.6 Å². The molecule has 0 amide bonds. The fourth-order valence-electron chi connectivity index (χ4n) is 2.84. The molecule has 0 bridgehead atoms. The van der Waals surface area contributed by atoms with Crippen LogP contribution in [0.15, 0.2) is 65.6 Å². The topological polar surface area (TPSA) is 59.3 Å². The number of fused-ring (bicyclic) bond motifs is 1. The molecule has 124 valence electrons. The van der Waals surface area contributed by atoms with Gasteiger partial charge < -0.3 is 5.11 Å². The number of nitrogens with one attached hydrogen (secondary N) is 2. The molecule has 0 saturated carbocycles. The predicted molar refractivity (Wildman–Crippen MR) is 101 cm³/mol. The van der Waals surface area contributed by atoms with Gasteiger partial charge in [-0.25, -0.2) is 4.98 Å². The Morgan fingerprint density at radius 1 is 1.20 bits per heavy atom. The average Bonchev–Trinajstić information content (AvgIpc) is 3.18. The van der Waals surface area contributed by atoms with Gasteiger partial charge in [-0.1, -0.05) is 17.7 Å². The normalized spacial score (nSPS) is 12.2. The number of phenolic OH excluding ortho intramolecular Hbond substituents is 1. The van der Waals surface area contributed by atoms with E-state index in [2.05, 4.69) is 20.7 Å². The van der Waals surface area contributed by atoms with Crippen LogP contribution in [-0.4, -0.2) is 10.1 Å². The van der Waals surface area contributed by atoms with Gasteiger partial charge in [0.2, 0.25) is 0 Å². The molecule has 4 nitrogen and oxygen atoms in total. The summed E-state index contributed by atoms with van der Waals surface area (Å²) in [7, 11) is 0. The number of aromatic hydroxyl groups is 1. The predicted octanol–water partition coefficient (Wildman–Crippen LogP) is 4.67. The van der Waals surface area contributed by atoms with E-state index in [1.807, 2.05) is 41.9 Å². The van der Waals surface area contributed by atoms with E-state index in [1.165, 1.54) is 0 Å². The van der Waals surface area contributed by atoms with Gasteiger partial charge >= 0.3 is 0 Å². The second-order valence-electron chi connectivity index (χ2n) is 5.61. The standard InChI is InChI=1S/C19H14ClN3OS/c20-15-10-14(19(24)18-13(15)4-3-8-22-18)17(12-6-9-25-11-12)23-16-5-1-2-7-21-16/h1-11,17,24H,(H,21,23)/p+1/t17-/m0/s1. The Bertz CT molecular complexity index is 1010. The second-order valence-corrected chi connectivity index (χ2v) is 6.79. The van der Waals surface area contributed by atoms with Crippen LogP contribution >= 0.6 is 22.9 Å².